The van der Waals surface area contributed by atoms with E-state index in [-0.39, 0.29) is 0 Å². The van der Waals surface area contributed by atoms with Crippen LogP contribution in [0.2, 0.25) is 0 Å². The summed E-state index contributed by atoms with van der Waals surface area (Å²) in [7, 11) is 0. The molecule has 1 nitrogen and oxygen atoms in total. The van der Waals surface area contributed by atoms with Crippen LogP contribution in [0.3, 0.4) is 0 Å². The average molecular weight is 246 g/mol. The second kappa shape index (κ2) is 4.69. The highest BCUT2D eigenvalue weighted by atomic mass is 19.1. The van der Waals surface area contributed by atoms with Gasteiger partial charge in [-0.1, -0.05) is 12.1 Å². The summed E-state index contributed by atoms with van der Waals surface area (Å²) in [6.45, 7) is 3.40. The zero-order valence-corrected chi connectivity index (χ0v) is 10.1. The Morgan fingerprint density at radius 3 is 2.28 bits per heavy atom. The van der Waals surface area contributed by atoms with E-state index in [4.69, 9.17) is 0 Å². The van der Waals surface area contributed by atoms with Crippen molar-refractivity contribution in [1.82, 2.24) is 0 Å². The van der Waals surface area contributed by atoms with Gasteiger partial charge in [-0.2, -0.15) is 0 Å². The molecule has 0 saturated carbocycles. The van der Waals surface area contributed by atoms with E-state index in [2.05, 4.69) is 0 Å². The topological polar surface area (TPSA) is 17.1 Å². The van der Waals surface area contributed by atoms with Gasteiger partial charge in [-0.3, -0.25) is 4.79 Å². The Bertz CT molecular complexity index is 618. The molecular weight excluding hydrogens is 234 g/mol. The fraction of sp³-hybridized carbons (Fsp3) is 0.133. The predicted molar refractivity (Wildman–Crippen MR) is 66.7 cm³/mol. The zero-order valence-electron chi connectivity index (χ0n) is 10.1. The fourth-order valence-corrected chi connectivity index (χ4v) is 1.87. The van der Waals surface area contributed by atoms with Crippen molar-refractivity contribution >= 4 is 6.29 Å². The number of carbonyl (C=O) groups is 1. The molecule has 3 heteroatoms. The van der Waals surface area contributed by atoms with Crippen molar-refractivity contribution in [2.24, 2.45) is 0 Å². The minimum atomic E-state index is -0.621. The number of aryl methyl sites for hydroxylation is 2. The monoisotopic (exact) mass is 246 g/mol. The van der Waals surface area contributed by atoms with Crippen molar-refractivity contribution in [1.29, 1.82) is 0 Å². The molecule has 0 amide bonds. The lowest BCUT2D eigenvalue weighted by atomic mass is 9.96. The first kappa shape index (κ1) is 12.4. The van der Waals surface area contributed by atoms with Crippen LogP contribution in [0.5, 0.6) is 0 Å². The van der Waals surface area contributed by atoms with Crippen molar-refractivity contribution in [3.63, 3.8) is 0 Å². The quantitative estimate of drug-likeness (QED) is 0.730. The van der Waals surface area contributed by atoms with Gasteiger partial charge in [0.25, 0.3) is 0 Å². The molecule has 0 spiro atoms. The number of benzene rings is 2. The second-order valence-corrected chi connectivity index (χ2v) is 4.27. The van der Waals surface area contributed by atoms with Crippen LogP contribution in [0.4, 0.5) is 8.78 Å². The summed E-state index contributed by atoms with van der Waals surface area (Å²) in [4.78, 5) is 10.8. The molecule has 0 aliphatic heterocycles. The van der Waals surface area contributed by atoms with Gasteiger partial charge in [0.2, 0.25) is 0 Å². The Labute approximate surface area is 104 Å². The first-order chi connectivity index (χ1) is 8.52. The molecule has 0 N–H and O–H groups in total. The van der Waals surface area contributed by atoms with Crippen LogP contribution in [0.1, 0.15) is 21.5 Å². The highest BCUT2D eigenvalue weighted by molar-refractivity contribution is 5.80. The third-order valence-corrected chi connectivity index (χ3v) is 2.94. The Kier molecular flexibility index (Phi) is 3.24. The molecule has 0 aromatic heterocycles. The number of hydrogen-bond acceptors (Lipinski definition) is 1. The Morgan fingerprint density at radius 1 is 0.889 bits per heavy atom. The summed E-state index contributed by atoms with van der Waals surface area (Å²) in [6.07, 6.45) is 0.706. The molecule has 0 aliphatic carbocycles. The van der Waals surface area contributed by atoms with E-state index >= 15 is 0 Å². The van der Waals surface area contributed by atoms with Crippen molar-refractivity contribution in [2.45, 2.75) is 13.8 Å². The molecule has 0 aliphatic rings. The maximum Gasteiger partial charge on any atom is 0.150 e. The van der Waals surface area contributed by atoms with Gasteiger partial charge in [0.15, 0.2) is 0 Å². The Balaban J connectivity index is 2.68. The molecule has 0 bridgehead atoms. The van der Waals surface area contributed by atoms with Crippen LogP contribution in [-0.4, -0.2) is 6.29 Å². The van der Waals surface area contributed by atoms with E-state index in [1.54, 1.807) is 25.1 Å². The minimum absolute atomic E-state index is 0.315. The Hall–Kier alpha value is -2.03. The van der Waals surface area contributed by atoms with E-state index in [1.807, 2.05) is 6.92 Å². The first-order valence-electron chi connectivity index (χ1n) is 5.55. The summed E-state index contributed by atoms with van der Waals surface area (Å²) in [6, 6.07) is 7.36. The highest BCUT2D eigenvalue weighted by Crippen LogP contribution is 2.28. The third-order valence-electron chi connectivity index (χ3n) is 2.94. The van der Waals surface area contributed by atoms with Crippen LogP contribution >= 0.6 is 0 Å². The molecule has 0 radical (unpaired) electrons. The van der Waals surface area contributed by atoms with Crippen LogP contribution < -0.4 is 0 Å². The largest absolute Gasteiger partial charge is 0.298 e. The molecule has 18 heavy (non-hydrogen) atoms. The van der Waals surface area contributed by atoms with Gasteiger partial charge in [0, 0.05) is 17.2 Å². The molecule has 0 atom stereocenters. The highest BCUT2D eigenvalue weighted by Gasteiger charge is 2.11. The molecule has 0 heterocycles. The molecule has 0 fully saturated rings. The van der Waals surface area contributed by atoms with Crippen molar-refractivity contribution in [2.75, 3.05) is 0 Å². The van der Waals surface area contributed by atoms with Gasteiger partial charge < -0.3 is 0 Å². The smallest absolute Gasteiger partial charge is 0.150 e. The standard InChI is InChI=1S/C15H12F2O/c1-9-3-4-11(8-18)6-12(9)13-5-10(2)14(16)7-15(13)17/h3-8H,1-2H3. The van der Waals surface area contributed by atoms with Gasteiger partial charge in [-0.05, 0) is 42.7 Å². The SMILES string of the molecule is Cc1cc(-c2cc(C=O)ccc2C)c(F)cc1F. The summed E-state index contributed by atoms with van der Waals surface area (Å²) in [5, 5.41) is 0. The first-order valence-corrected chi connectivity index (χ1v) is 5.55. The van der Waals surface area contributed by atoms with Crippen molar-refractivity contribution in [3.8, 4) is 11.1 Å². The summed E-state index contributed by atoms with van der Waals surface area (Å²) in [5.74, 6) is -1.19. The van der Waals surface area contributed by atoms with Crippen molar-refractivity contribution in [3.05, 3.63) is 58.7 Å². The maximum absolute atomic E-state index is 13.8. The molecule has 2 rings (SSSR count). The van der Waals surface area contributed by atoms with Gasteiger partial charge >= 0.3 is 0 Å². The van der Waals surface area contributed by atoms with Gasteiger partial charge in [0.05, 0.1) is 0 Å². The summed E-state index contributed by atoms with van der Waals surface area (Å²) < 4.78 is 27.0. The molecule has 2 aromatic carbocycles. The number of halogens is 2. The Morgan fingerprint density at radius 2 is 1.61 bits per heavy atom. The van der Waals surface area contributed by atoms with Crippen LogP contribution in [0, 0.1) is 25.5 Å². The predicted octanol–water partition coefficient (Wildman–Crippen LogP) is 4.06. The van der Waals surface area contributed by atoms with Gasteiger partial charge in [0.1, 0.15) is 17.9 Å². The normalized spacial score (nSPS) is 10.4. The lowest BCUT2D eigenvalue weighted by molar-refractivity contribution is 0.112. The van der Waals surface area contributed by atoms with Crippen LogP contribution in [0.25, 0.3) is 11.1 Å². The van der Waals surface area contributed by atoms with Crippen LogP contribution in [0.15, 0.2) is 30.3 Å². The fourth-order valence-electron chi connectivity index (χ4n) is 1.87. The molecule has 0 saturated heterocycles. The molecule has 0 unspecified atom stereocenters. The number of carbonyl (C=O) groups excluding carboxylic acids is 1. The van der Waals surface area contributed by atoms with Crippen molar-refractivity contribution < 1.29 is 13.6 Å². The molecule has 92 valence electrons. The lowest BCUT2D eigenvalue weighted by Crippen LogP contribution is -1.93. The maximum atomic E-state index is 13.8. The van der Waals surface area contributed by atoms with E-state index in [0.29, 0.717) is 28.5 Å². The molecule has 2 aromatic rings. The van der Waals surface area contributed by atoms with E-state index in [0.717, 1.165) is 11.6 Å². The van der Waals surface area contributed by atoms with E-state index < -0.39 is 11.6 Å². The van der Waals surface area contributed by atoms with E-state index in [1.165, 1.54) is 6.07 Å². The van der Waals surface area contributed by atoms with Crippen LogP contribution in [-0.2, 0) is 0 Å². The van der Waals surface area contributed by atoms with Gasteiger partial charge in [-0.15, -0.1) is 0 Å². The number of rotatable bonds is 2. The van der Waals surface area contributed by atoms with Gasteiger partial charge in [-0.25, -0.2) is 8.78 Å². The summed E-state index contributed by atoms with van der Waals surface area (Å²) >= 11 is 0. The second-order valence-electron chi connectivity index (χ2n) is 4.27. The summed E-state index contributed by atoms with van der Waals surface area (Å²) in [5.41, 5.74) is 2.61. The molecular formula is C15H12F2O. The zero-order chi connectivity index (χ0) is 13.3. The lowest BCUT2D eigenvalue weighted by Gasteiger charge is -2.09. The average Bonchev–Trinajstić information content (AvgIpc) is 2.35. The van der Waals surface area contributed by atoms with E-state index in [9.17, 15) is 13.6 Å². The third kappa shape index (κ3) is 2.16. The number of aldehydes is 1. The number of hydrogen-bond donors (Lipinski definition) is 0. The minimum Gasteiger partial charge on any atom is -0.298 e.